The summed E-state index contributed by atoms with van der Waals surface area (Å²) in [6.45, 7) is 0. The Bertz CT molecular complexity index is 547. The second-order valence-corrected chi connectivity index (χ2v) is 3.06. The maximum absolute atomic E-state index is 10.5. The molecule has 6 nitrogen and oxygen atoms in total. The van der Waals surface area contributed by atoms with Gasteiger partial charge in [0.2, 0.25) is 11.2 Å². The van der Waals surface area contributed by atoms with Crippen LogP contribution in [0.2, 0.25) is 5.28 Å². The average Bonchev–Trinajstić information content (AvgIpc) is 2.57. The Balaban J connectivity index is 2.52. The first-order valence-corrected chi connectivity index (χ1v) is 4.38. The fraction of sp³-hybridized carbons (Fsp3) is 0. The number of carbonyl (C=O) groups is 1. The summed E-state index contributed by atoms with van der Waals surface area (Å²) < 4.78 is 1.40. The lowest BCUT2D eigenvalue weighted by atomic mass is 10.4. The Labute approximate surface area is 89.4 Å². The molecule has 15 heavy (non-hydrogen) atoms. The van der Waals surface area contributed by atoms with Gasteiger partial charge in [-0.15, -0.1) is 0 Å². The number of fused-ring (bicyclic) bond motifs is 1. The molecular weight excluding hydrogens is 218 g/mol. The summed E-state index contributed by atoms with van der Waals surface area (Å²) in [6.07, 6.45) is 5.71. The van der Waals surface area contributed by atoms with Crippen molar-refractivity contribution in [3.8, 4) is 0 Å². The molecule has 0 bridgehead atoms. The number of rotatable bonds is 2. The van der Waals surface area contributed by atoms with Crippen LogP contribution in [0.15, 0.2) is 18.5 Å². The highest BCUT2D eigenvalue weighted by atomic mass is 35.5. The summed E-state index contributed by atoms with van der Waals surface area (Å²) in [6, 6.07) is 0. The molecule has 0 unspecified atom stereocenters. The van der Waals surface area contributed by atoms with Gasteiger partial charge in [-0.25, -0.2) is 9.67 Å². The van der Waals surface area contributed by atoms with Crippen LogP contribution >= 0.6 is 11.6 Å². The largest absolute Gasteiger partial charge is 0.366 e. The minimum Gasteiger partial charge on any atom is -0.366 e. The molecule has 0 aliphatic heterocycles. The molecule has 0 fully saturated rings. The van der Waals surface area contributed by atoms with Crippen LogP contribution in [-0.2, 0) is 4.79 Å². The smallest absolute Gasteiger partial charge is 0.242 e. The van der Waals surface area contributed by atoms with Gasteiger partial charge in [-0.05, 0) is 11.6 Å². The van der Waals surface area contributed by atoms with Crippen LogP contribution in [-0.4, -0.2) is 25.7 Å². The zero-order valence-corrected chi connectivity index (χ0v) is 8.22. The standard InChI is InChI=1S/C8H6ClN5O/c9-8-11-3-5-4-12-14(7(5)13-8)2-1-6(10)15/h1-4H,(H2,10,15). The molecule has 0 atom stereocenters. The maximum atomic E-state index is 10.5. The van der Waals surface area contributed by atoms with Crippen molar-refractivity contribution in [2.45, 2.75) is 0 Å². The van der Waals surface area contributed by atoms with Crippen molar-refractivity contribution in [2.75, 3.05) is 0 Å². The zero-order valence-electron chi connectivity index (χ0n) is 7.46. The number of nitrogens with zero attached hydrogens (tertiary/aromatic N) is 4. The summed E-state index contributed by atoms with van der Waals surface area (Å²) in [5.74, 6) is -0.557. The molecule has 0 spiro atoms. The molecule has 0 aliphatic carbocycles. The number of aromatic nitrogens is 4. The Morgan fingerprint density at radius 2 is 2.33 bits per heavy atom. The van der Waals surface area contributed by atoms with E-state index in [1.165, 1.54) is 17.0 Å². The van der Waals surface area contributed by atoms with E-state index < -0.39 is 5.91 Å². The Morgan fingerprint density at radius 3 is 3.07 bits per heavy atom. The van der Waals surface area contributed by atoms with Gasteiger partial charge >= 0.3 is 0 Å². The Kier molecular flexibility index (Phi) is 2.34. The number of hydrogen-bond acceptors (Lipinski definition) is 4. The maximum Gasteiger partial charge on any atom is 0.242 e. The topological polar surface area (TPSA) is 86.7 Å². The molecule has 2 heterocycles. The highest BCUT2D eigenvalue weighted by molar-refractivity contribution is 6.28. The summed E-state index contributed by atoms with van der Waals surface area (Å²) in [7, 11) is 0. The third kappa shape index (κ3) is 1.94. The molecule has 2 aromatic rings. The highest BCUT2D eigenvalue weighted by Gasteiger charge is 2.03. The highest BCUT2D eigenvalue weighted by Crippen LogP contribution is 2.12. The predicted octanol–water partition coefficient (Wildman–Crippen LogP) is 0.436. The molecule has 2 N–H and O–H groups in total. The van der Waals surface area contributed by atoms with E-state index in [0.29, 0.717) is 5.65 Å². The van der Waals surface area contributed by atoms with Crippen LogP contribution in [0.25, 0.3) is 17.2 Å². The lowest BCUT2D eigenvalue weighted by molar-refractivity contribution is -0.113. The first kappa shape index (κ1) is 9.60. The van der Waals surface area contributed by atoms with Crippen molar-refractivity contribution < 1.29 is 4.79 Å². The molecular formula is C8H6ClN5O. The number of carbonyl (C=O) groups excluding carboxylic acids is 1. The van der Waals surface area contributed by atoms with Crippen molar-refractivity contribution >= 4 is 34.7 Å². The van der Waals surface area contributed by atoms with Gasteiger partial charge in [0.15, 0.2) is 5.65 Å². The number of nitrogens with two attached hydrogens (primary N) is 1. The molecule has 2 rings (SSSR count). The summed E-state index contributed by atoms with van der Waals surface area (Å²) in [5.41, 5.74) is 5.48. The molecule has 0 saturated heterocycles. The molecule has 1 amide bonds. The van der Waals surface area contributed by atoms with Crippen LogP contribution in [0.1, 0.15) is 0 Å². The van der Waals surface area contributed by atoms with E-state index in [-0.39, 0.29) is 5.28 Å². The van der Waals surface area contributed by atoms with E-state index in [9.17, 15) is 4.79 Å². The van der Waals surface area contributed by atoms with E-state index in [1.807, 2.05) is 0 Å². The second kappa shape index (κ2) is 3.66. The van der Waals surface area contributed by atoms with Gasteiger partial charge in [-0.1, -0.05) is 0 Å². The Hall–Kier alpha value is -1.95. The van der Waals surface area contributed by atoms with Gasteiger partial charge in [0.05, 0.1) is 11.6 Å². The fourth-order valence-corrected chi connectivity index (χ4v) is 1.20. The minimum atomic E-state index is -0.557. The molecule has 0 aromatic carbocycles. The van der Waals surface area contributed by atoms with Gasteiger partial charge in [-0.3, -0.25) is 4.79 Å². The number of halogens is 1. The van der Waals surface area contributed by atoms with Gasteiger partial charge in [0, 0.05) is 18.5 Å². The van der Waals surface area contributed by atoms with Crippen LogP contribution in [0.3, 0.4) is 0 Å². The molecule has 76 valence electrons. The SMILES string of the molecule is NC(=O)C=Cn1ncc2cnc(Cl)nc21. The van der Waals surface area contributed by atoms with Crippen molar-refractivity contribution in [3.05, 3.63) is 23.8 Å². The Morgan fingerprint density at radius 1 is 1.53 bits per heavy atom. The summed E-state index contributed by atoms with van der Waals surface area (Å²) in [5, 5.41) is 4.82. The third-order valence-corrected chi connectivity index (χ3v) is 1.87. The average molecular weight is 224 g/mol. The van der Waals surface area contributed by atoms with E-state index in [1.54, 1.807) is 12.4 Å². The monoisotopic (exact) mass is 223 g/mol. The minimum absolute atomic E-state index is 0.122. The zero-order chi connectivity index (χ0) is 10.8. The van der Waals surface area contributed by atoms with E-state index >= 15 is 0 Å². The fourth-order valence-electron chi connectivity index (χ4n) is 1.07. The van der Waals surface area contributed by atoms with Gasteiger partial charge < -0.3 is 5.73 Å². The summed E-state index contributed by atoms with van der Waals surface area (Å²) in [4.78, 5) is 18.3. The van der Waals surface area contributed by atoms with Gasteiger partial charge in [0.25, 0.3) is 0 Å². The van der Waals surface area contributed by atoms with E-state index in [2.05, 4.69) is 15.1 Å². The number of primary amides is 1. The molecule has 2 aromatic heterocycles. The lowest BCUT2D eigenvalue weighted by Gasteiger charge is -1.93. The first-order valence-electron chi connectivity index (χ1n) is 4.00. The molecule has 0 radical (unpaired) electrons. The van der Waals surface area contributed by atoms with Crippen LogP contribution in [0.4, 0.5) is 0 Å². The number of hydrogen-bond donors (Lipinski definition) is 1. The van der Waals surface area contributed by atoms with E-state index in [0.717, 1.165) is 5.39 Å². The quantitative estimate of drug-likeness (QED) is 0.591. The molecule has 0 saturated carbocycles. The molecule has 0 aliphatic rings. The van der Waals surface area contributed by atoms with Gasteiger partial charge in [-0.2, -0.15) is 10.1 Å². The van der Waals surface area contributed by atoms with Gasteiger partial charge in [0.1, 0.15) is 0 Å². The normalized spacial score (nSPS) is 11.3. The molecule has 7 heteroatoms. The predicted molar refractivity (Wildman–Crippen MR) is 54.9 cm³/mol. The van der Waals surface area contributed by atoms with Crippen LogP contribution in [0, 0.1) is 0 Å². The lowest BCUT2D eigenvalue weighted by Crippen LogP contribution is -2.06. The van der Waals surface area contributed by atoms with Crippen LogP contribution < -0.4 is 5.73 Å². The number of amides is 1. The van der Waals surface area contributed by atoms with Crippen molar-refractivity contribution in [1.82, 2.24) is 19.7 Å². The van der Waals surface area contributed by atoms with E-state index in [4.69, 9.17) is 17.3 Å². The van der Waals surface area contributed by atoms with Crippen molar-refractivity contribution in [2.24, 2.45) is 5.73 Å². The first-order chi connectivity index (χ1) is 7.16. The summed E-state index contributed by atoms with van der Waals surface area (Å²) >= 11 is 5.63. The van der Waals surface area contributed by atoms with Crippen molar-refractivity contribution in [1.29, 1.82) is 0 Å². The van der Waals surface area contributed by atoms with Crippen LogP contribution in [0.5, 0.6) is 0 Å². The van der Waals surface area contributed by atoms with Crippen molar-refractivity contribution in [3.63, 3.8) is 0 Å². The second-order valence-electron chi connectivity index (χ2n) is 2.73. The third-order valence-electron chi connectivity index (χ3n) is 1.68.